The standard InChI is InChI=1S/C19H28FN5/c1-5-21-19(22-12-10-16-8-6-7-9-18(16)20)23-13-11-17-14(2)24-25(4)15(17)3/h6-9H,5,10-13H2,1-4H3,(H2,21,22,23). The zero-order valence-corrected chi connectivity index (χ0v) is 15.6. The van der Waals surface area contributed by atoms with Gasteiger partial charge in [-0.15, -0.1) is 0 Å². The number of benzene rings is 1. The molecule has 2 N–H and O–H groups in total. The Balaban J connectivity index is 1.88. The molecule has 2 aromatic rings. The Morgan fingerprint density at radius 3 is 2.60 bits per heavy atom. The second-order valence-corrected chi connectivity index (χ2v) is 6.05. The van der Waals surface area contributed by atoms with Gasteiger partial charge in [-0.2, -0.15) is 5.10 Å². The fourth-order valence-corrected chi connectivity index (χ4v) is 2.82. The second-order valence-electron chi connectivity index (χ2n) is 6.05. The molecule has 0 aliphatic rings. The molecule has 1 heterocycles. The lowest BCUT2D eigenvalue weighted by Gasteiger charge is -2.11. The molecule has 0 aliphatic carbocycles. The van der Waals surface area contributed by atoms with Crippen LogP contribution in [0.5, 0.6) is 0 Å². The number of hydrogen-bond acceptors (Lipinski definition) is 2. The fraction of sp³-hybridized carbons (Fsp3) is 0.474. The predicted molar refractivity (Wildman–Crippen MR) is 100 cm³/mol. The summed E-state index contributed by atoms with van der Waals surface area (Å²) in [5, 5.41) is 10.9. The Labute approximate surface area is 149 Å². The van der Waals surface area contributed by atoms with Gasteiger partial charge in [0.1, 0.15) is 5.82 Å². The molecule has 0 atom stereocenters. The van der Waals surface area contributed by atoms with E-state index in [9.17, 15) is 4.39 Å². The summed E-state index contributed by atoms with van der Waals surface area (Å²) in [6.45, 7) is 8.25. The van der Waals surface area contributed by atoms with E-state index in [-0.39, 0.29) is 5.82 Å². The number of nitrogens with one attached hydrogen (secondary N) is 2. The van der Waals surface area contributed by atoms with Crippen molar-refractivity contribution in [1.29, 1.82) is 0 Å². The number of aryl methyl sites for hydroxylation is 2. The molecule has 5 nitrogen and oxygen atoms in total. The third-order valence-electron chi connectivity index (χ3n) is 4.28. The minimum atomic E-state index is -0.159. The van der Waals surface area contributed by atoms with Crippen LogP contribution in [0.15, 0.2) is 29.3 Å². The van der Waals surface area contributed by atoms with E-state index in [4.69, 9.17) is 0 Å². The summed E-state index contributed by atoms with van der Waals surface area (Å²) in [7, 11) is 1.96. The quantitative estimate of drug-likeness (QED) is 0.599. The molecule has 6 heteroatoms. The van der Waals surface area contributed by atoms with Crippen LogP contribution in [0, 0.1) is 19.7 Å². The molecule has 0 unspecified atom stereocenters. The topological polar surface area (TPSA) is 54.2 Å². The van der Waals surface area contributed by atoms with Crippen LogP contribution in [-0.4, -0.2) is 35.4 Å². The molecular weight excluding hydrogens is 317 g/mol. The van der Waals surface area contributed by atoms with Crippen molar-refractivity contribution >= 4 is 5.96 Å². The van der Waals surface area contributed by atoms with E-state index in [0.717, 1.165) is 24.6 Å². The lowest BCUT2D eigenvalue weighted by atomic mass is 10.1. The van der Waals surface area contributed by atoms with Gasteiger partial charge < -0.3 is 10.6 Å². The van der Waals surface area contributed by atoms with Crippen LogP contribution < -0.4 is 10.6 Å². The first-order valence-electron chi connectivity index (χ1n) is 8.77. The summed E-state index contributed by atoms with van der Waals surface area (Å²) in [4.78, 5) is 4.62. The number of halogens is 1. The molecule has 0 saturated heterocycles. The normalized spacial score (nSPS) is 11.6. The van der Waals surface area contributed by atoms with Crippen molar-refractivity contribution in [3.8, 4) is 0 Å². The van der Waals surface area contributed by atoms with Gasteiger partial charge in [0.05, 0.1) is 5.69 Å². The number of guanidine groups is 1. The maximum absolute atomic E-state index is 13.6. The van der Waals surface area contributed by atoms with Gasteiger partial charge in [-0.3, -0.25) is 9.67 Å². The Kier molecular flexibility index (Phi) is 6.98. The van der Waals surface area contributed by atoms with Gasteiger partial charge in [0.15, 0.2) is 5.96 Å². The van der Waals surface area contributed by atoms with Crippen LogP contribution in [0.1, 0.15) is 29.4 Å². The molecule has 0 spiro atoms. The largest absolute Gasteiger partial charge is 0.357 e. The molecule has 0 bridgehead atoms. The molecule has 0 radical (unpaired) electrons. The monoisotopic (exact) mass is 345 g/mol. The van der Waals surface area contributed by atoms with Gasteiger partial charge in [-0.25, -0.2) is 4.39 Å². The van der Waals surface area contributed by atoms with E-state index in [2.05, 4.69) is 27.6 Å². The highest BCUT2D eigenvalue weighted by Crippen LogP contribution is 2.12. The Hall–Kier alpha value is -2.37. The maximum Gasteiger partial charge on any atom is 0.191 e. The molecule has 0 aliphatic heterocycles. The first-order chi connectivity index (χ1) is 12.0. The van der Waals surface area contributed by atoms with Crippen LogP contribution in [-0.2, 0) is 19.9 Å². The van der Waals surface area contributed by atoms with Crippen molar-refractivity contribution in [2.45, 2.75) is 33.6 Å². The van der Waals surface area contributed by atoms with Crippen LogP contribution >= 0.6 is 0 Å². The summed E-state index contributed by atoms with van der Waals surface area (Å²) in [5.74, 6) is 0.604. The highest BCUT2D eigenvalue weighted by molar-refractivity contribution is 5.79. The lowest BCUT2D eigenvalue weighted by molar-refractivity contribution is 0.606. The van der Waals surface area contributed by atoms with E-state index in [1.54, 1.807) is 6.07 Å². The first kappa shape index (κ1) is 19.0. The molecule has 2 rings (SSSR count). The van der Waals surface area contributed by atoms with E-state index in [1.807, 2.05) is 37.7 Å². The van der Waals surface area contributed by atoms with E-state index in [1.165, 1.54) is 17.3 Å². The molecule has 1 aromatic heterocycles. The molecule has 1 aromatic carbocycles. The number of hydrogen-bond donors (Lipinski definition) is 2. The van der Waals surface area contributed by atoms with Gasteiger partial charge in [0.25, 0.3) is 0 Å². The summed E-state index contributed by atoms with van der Waals surface area (Å²) in [5.41, 5.74) is 4.22. The Morgan fingerprint density at radius 1 is 1.20 bits per heavy atom. The smallest absolute Gasteiger partial charge is 0.191 e. The minimum Gasteiger partial charge on any atom is -0.357 e. The van der Waals surface area contributed by atoms with Crippen LogP contribution in [0.2, 0.25) is 0 Å². The summed E-state index contributed by atoms with van der Waals surface area (Å²) < 4.78 is 15.6. The number of nitrogens with zero attached hydrogens (tertiary/aromatic N) is 3. The summed E-state index contributed by atoms with van der Waals surface area (Å²) in [6, 6.07) is 6.87. The van der Waals surface area contributed by atoms with E-state index in [0.29, 0.717) is 25.1 Å². The zero-order chi connectivity index (χ0) is 18.2. The van der Waals surface area contributed by atoms with Gasteiger partial charge in [0, 0.05) is 32.4 Å². The average Bonchev–Trinajstić information content (AvgIpc) is 2.82. The molecule has 25 heavy (non-hydrogen) atoms. The highest BCUT2D eigenvalue weighted by Gasteiger charge is 2.08. The van der Waals surface area contributed by atoms with E-state index < -0.39 is 0 Å². The number of aromatic nitrogens is 2. The van der Waals surface area contributed by atoms with Crippen molar-refractivity contribution in [3.63, 3.8) is 0 Å². The Morgan fingerprint density at radius 2 is 1.96 bits per heavy atom. The number of rotatable bonds is 7. The summed E-state index contributed by atoms with van der Waals surface area (Å²) >= 11 is 0. The van der Waals surface area contributed by atoms with Crippen molar-refractivity contribution in [3.05, 3.63) is 52.6 Å². The molecule has 0 amide bonds. The first-order valence-corrected chi connectivity index (χ1v) is 8.77. The highest BCUT2D eigenvalue weighted by atomic mass is 19.1. The van der Waals surface area contributed by atoms with Crippen LogP contribution in [0.25, 0.3) is 0 Å². The van der Waals surface area contributed by atoms with E-state index >= 15 is 0 Å². The van der Waals surface area contributed by atoms with Gasteiger partial charge in [0.2, 0.25) is 0 Å². The molecular formula is C19H28FN5. The number of aliphatic imine (C=N–C) groups is 1. The van der Waals surface area contributed by atoms with Crippen molar-refractivity contribution in [2.24, 2.45) is 12.0 Å². The van der Waals surface area contributed by atoms with Gasteiger partial charge in [-0.05, 0) is 50.8 Å². The van der Waals surface area contributed by atoms with Gasteiger partial charge in [-0.1, -0.05) is 18.2 Å². The minimum absolute atomic E-state index is 0.159. The van der Waals surface area contributed by atoms with Crippen molar-refractivity contribution in [2.75, 3.05) is 19.6 Å². The summed E-state index contributed by atoms with van der Waals surface area (Å²) in [6.07, 6.45) is 1.48. The second kappa shape index (κ2) is 9.20. The third-order valence-corrected chi connectivity index (χ3v) is 4.28. The zero-order valence-electron chi connectivity index (χ0n) is 15.6. The molecule has 0 fully saturated rings. The maximum atomic E-state index is 13.6. The fourth-order valence-electron chi connectivity index (χ4n) is 2.82. The lowest BCUT2D eigenvalue weighted by Crippen LogP contribution is -2.38. The average molecular weight is 345 g/mol. The van der Waals surface area contributed by atoms with Crippen LogP contribution in [0.4, 0.5) is 4.39 Å². The third kappa shape index (κ3) is 5.31. The van der Waals surface area contributed by atoms with Crippen LogP contribution in [0.3, 0.4) is 0 Å². The van der Waals surface area contributed by atoms with Crippen molar-refractivity contribution in [1.82, 2.24) is 20.4 Å². The molecule has 0 saturated carbocycles. The predicted octanol–water partition coefficient (Wildman–Crippen LogP) is 2.52. The van der Waals surface area contributed by atoms with Gasteiger partial charge >= 0.3 is 0 Å². The SMILES string of the molecule is CCNC(=NCCc1c(C)nn(C)c1C)NCCc1ccccc1F. The van der Waals surface area contributed by atoms with Crippen molar-refractivity contribution < 1.29 is 4.39 Å². The molecule has 136 valence electrons. The Bertz CT molecular complexity index is 721.